The average Bonchev–Trinajstić information content (AvgIpc) is 3.25. The minimum Gasteiger partial charge on any atom is -0.507 e. The van der Waals surface area contributed by atoms with Crippen LogP contribution in [0.1, 0.15) is 45.2 Å². The third kappa shape index (κ3) is 3.62. The van der Waals surface area contributed by atoms with Gasteiger partial charge in [0.25, 0.3) is 0 Å². The summed E-state index contributed by atoms with van der Waals surface area (Å²) >= 11 is 0. The van der Waals surface area contributed by atoms with E-state index in [2.05, 4.69) is 0 Å². The van der Waals surface area contributed by atoms with Crippen molar-refractivity contribution in [3.05, 3.63) is 64.7 Å². The summed E-state index contributed by atoms with van der Waals surface area (Å²) < 4.78 is 22.2. The summed E-state index contributed by atoms with van der Waals surface area (Å²) in [7, 11) is 2.81. The molecule has 0 radical (unpaired) electrons. The number of ether oxygens (including phenoxy) is 4. The molecule has 5 N–H and O–H groups in total. The van der Waals surface area contributed by atoms with Crippen molar-refractivity contribution in [2.45, 2.75) is 24.2 Å². The van der Waals surface area contributed by atoms with Crippen LogP contribution >= 0.6 is 0 Å². The summed E-state index contributed by atoms with van der Waals surface area (Å²) in [5.41, 5.74) is 1.16. The molecule has 10 heteroatoms. The molecule has 10 nitrogen and oxygen atoms in total. The molecular weight excluding hydrogens is 472 g/mol. The number of phenols is 3. The lowest BCUT2D eigenvalue weighted by Gasteiger charge is -2.30. The van der Waals surface area contributed by atoms with E-state index >= 15 is 0 Å². The van der Waals surface area contributed by atoms with Gasteiger partial charge in [-0.3, -0.25) is 4.79 Å². The second-order valence-electron chi connectivity index (χ2n) is 8.58. The van der Waals surface area contributed by atoms with E-state index in [9.17, 15) is 30.3 Å². The van der Waals surface area contributed by atoms with Crippen molar-refractivity contribution < 1.29 is 49.3 Å². The van der Waals surface area contributed by atoms with Crippen molar-refractivity contribution in [1.29, 1.82) is 0 Å². The molecule has 4 atom stereocenters. The first-order chi connectivity index (χ1) is 17.3. The van der Waals surface area contributed by atoms with Gasteiger partial charge in [-0.25, -0.2) is 0 Å². The Morgan fingerprint density at radius 3 is 2.33 bits per heavy atom. The Morgan fingerprint density at radius 2 is 1.64 bits per heavy atom. The molecule has 0 spiro atoms. The first-order valence-corrected chi connectivity index (χ1v) is 11.1. The summed E-state index contributed by atoms with van der Waals surface area (Å²) in [6, 6.07) is 10.2. The van der Waals surface area contributed by atoms with E-state index in [0.717, 1.165) is 0 Å². The Kier molecular flexibility index (Phi) is 5.77. The molecule has 0 aromatic heterocycles. The van der Waals surface area contributed by atoms with E-state index in [4.69, 9.17) is 18.9 Å². The zero-order valence-corrected chi connectivity index (χ0v) is 19.3. The topological polar surface area (TPSA) is 155 Å². The van der Waals surface area contributed by atoms with Gasteiger partial charge in [-0.05, 0) is 35.4 Å². The monoisotopic (exact) mass is 496 g/mol. The van der Waals surface area contributed by atoms with Crippen molar-refractivity contribution in [3.8, 4) is 40.2 Å². The number of aliphatic hydroxyl groups excluding tert-OH is 2. The molecular formula is C26H24O10. The number of carbonyl (C=O) groups excluding carboxylic acids is 1. The van der Waals surface area contributed by atoms with Crippen molar-refractivity contribution >= 4 is 5.78 Å². The van der Waals surface area contributed by atoms with Gasteiger partial charge in [-0.1, -0.05) is 6.07 Å². The number of ketones is 1. The van der Waals surface area contributed by atoms with Crippen LogP contribution in [0.15, 0.2) is 42.5 Å². The lowest BCUT2D eigenvalue weighted by atomic mass is 9.87. The first kappa shape index (κ1) is 23.6. The van der Waals surface area contributed by atoms with Gasteiger partial charge in [0.1, 0.15) is 28.9 Å². The molecule has 188 valence electrons. The standard InChI is InChI=1S/C26H24O10/c1-33-13-8-17(29)21-20(9-13)35-25(23(32)22(21)31)12-5-14-15(10-27)24(36-26(14)18(30)6-12)11-3-4-16(28)19(7-11)34-2/h3-9,15,23-25,27-30,32H,10H2,1-2H3/t15-,23?,24+,25?/m1/s1. The van der Waals surface area contributed by atoms with Crippen LogP contribution in [0, 0.1) is 0 Å². The van der Waals surface area contributed by atoms with Crippen LogP contribution in [0.2, 0.25) is 0 Å². The van der Waals surface area contributed by atoms with E-state index < -0.39 is 30.0 Å². The maximum Gasteiger partial charge on any atom is 0.202 e. The lowest BCUT2D eigenvalue weighted by molar-refractivity contribution is 0.0209. The number of benzene rings is 3. The molecule has 5 rings (SSSR count). The van der Waals surface area contributed by atoms with Crippen LogP contribution in [-0.2, 0) is 0 Å². The van der Waals surface area contributed by atoms with Crippen LogP contribution in [0.5, 0.6) is 40.2 Å². The molecule has 0 saturated carbocycles. The van der Waals surface area contributed by atoms with Gasteiger partial charge < -0.3 is 44.5 Å². The summed E-state index contributed by atoms with van der Waals surface area (Å²) in [6.45, 7) is -0.343. The molecule has 0 fully saturated rings. The predicted molar refractivity (Wildman–Crippen MR) is 124 cm³/mol. The maximum atomic E-state index is 12.9. The second-order valence-corrected chi connectivity index (χ2v) is 8.58. The number of fused-ring (bicyclic) bond motifs is 2. The molecule has 2 unspecified atom stereocenters. The highest BCUT2D eigenvalue weighted by atomic mass is 16.5. The quantitative estimate of drug-likeness (QED) is 0.356. The van der Waals surface area contributed by atoms with Gasteiger partial charge in [-0.2, -0.15) is 0 Å². The largest absolute Gasteiger partial charge is 0.507 e. The number of phenolic OH excluding ortho intramolecular Hbond substituents is 3. The Labute approximate surface area is 205 Å². The number of rotatable bonds is 5. The summed E-state index contributed by atoms with van der Waals surface area (Å²) in [5, 5.41) is 51.9. The van der Waals surface area contributed by atoms with Gasteiger partial charge in [0.05, 0.1) is 26.7 Å². The lowest BCUT2D eigenvalue weighted by Crippen LogP contribution is -2.36. The Balaban J connectivity index is 1.54. The molecule has 3 aromatic carbocycles. The van der Waals surface area contributed by atoms with Crippen molar-refractivity contribution in [2.75, 3.05) is 20.8 Å². The minimum absolute atomic E-state index is 0.0242. The van der Waals surface area contributed by atoms with E-state index in [-0.39, 0.29) is 58.0 Å². The number of Topliss-reactive ketones (excluding diaryl/α,β-unsaturated/α-hetero) is 1. The number of methoxy groups -OCH3 is 2. The summed E-state index contributed by atoms with van der Waals surface area (Å²) in [6.07, 6.45) is -3.58. The number of aliphatic hydroxyl groups is 2. The van der Waals surface area contributed by atoms with Gasteiger partial charge >= 0.3 is 0 Å². The third-order valence-corrected chi connectivity index (χ3v) is 6.53. The number of hydrogen-bond acceptors (Lipinski definition) is 10. The van der Waals surface area contributed by atoms with Crippen LogP contribution < -0.4 is 18.9 Å². The fourth-order valence-electron chi connectivity index (χ4n) is 4.74. The van der Waals surface area contributed by atoms with Crippen LogP contribution in [0.3, 0.4) is 0 Å². The van der Waals surface area contributed by atoms with Gasteiger partial charge in [0.2, 0.25) is 5.78 Å². The molecule has 3 aromatic rings. The SMILES string of the molecule is COc1cc(O)c2c(c1)OC(c1cc(O)c3c(c1)[C@@H](CO)[C@H](c1ccc(O)c(OC)c1)O3)C(O)C2=O. The number of hydrogen-bond donors (Lipinski definition) is 5. The molecule has 36 heavy (non-hydrogen) atoms. The maximum absolute atomic E-state index is 12.9. The summed E-state index contributed by atoms with van der Waals surface area (Å²) in [4.78, 5) is 12.9. The highest BCUT2D eigenvalue weighted by Gasteiger charge is 2.42. The number of aromatic hydroxyl groups is 3. The minimum atomic E-state index is -1.67. The Hall–Kier alpha value is -4.15. The van der Waals surface area contributed by atoms with E-state index in [1.807, 2.05) is 0 Å². The van der Waals surface area contributed by atoms with E-state index in [1.165, 1.54) is 38.5 Å². The molecule has 2 heterocycles. The van der Waals surface area contributed by atoms with E-state index in [1.54, 1.807) is 18.2 Å². The molecule has 0 saturated heterocycles. The van der Waals surface area contributed by atoms with Gasteiger partial charge in [0.15, 0.2) is 35.2 Å². The number of carbonyl (C=O) groups is 1. The summed E-state index contributed by atoms with van der Waals surface area (Å²) in [5.74, 6) is -1.42. The van der Waals surface area contributed by atoms with Crippen LogP contribution in [0.4, 0.5) is 0 Å². The smallest absolute Gasteiger partial charge is 0.202 e. The highest BCUT2D eigenvalue weighted by molar-refractivity contribution is 6.05. The Morgan fingerprint density at radius 1 is 0.861 bits per heavy atom. The third-order valence-electron chi connectivity index (χ3n) is 6.53. The fourth-order valence-corrected chi connectivity index (χ4v) is 4.74. The average molecular weight is 496 g/mol. The van der Waals surface area contributed by atoms with Crippen molar-refractivity contribution in [1.82, 2.24) is 0 Å². The molecule has 0 aliphatic carbocycles. The van der Waals surface area contributed by atoms with Crippen molar-refractivity contribution in [2.24, 2.45) is 0 Å². The zero-order valence-electron chi connectivity index (χ0n) is 19.3. The second kappa shape index (κ2) is 8.81. The first-order valence-electron chi connectivity index (χ1n) is 11.1. The van der Waals surface area contributed by atoms with Crippen molar-refractivity contribution in [3.63, 3.8) is 0 Å². The molecule has 2 aliphatic heterocycles. The molecule has 0 bridgehead atoms. The fraction of sp³-hybridized carbons (Fsp3) is 0.269. The molecule has 2 aliphatic rings. The zero-order chi connectivity index (χ0) is 25.7. The van der Waals surface area contributed by atoms with Gasteiger partial charge in [0, 0.05) is 17.7 Å². The van der Waals surface area contributed by atoms with Crippen LogP contribution in [-0.4, -0.2) is 58.2 Å². The normalized spacial score (nSPS) is 22.3. The van der Waals surface area contributed by atoms with Crippen LogP contribution in [0.25, 0.3) is 0 Å². The molecule has 0 amide bonds. The highest BCUT2D eigenvalue weighted by Crippen LogP contribution is 2.52. The van der Waals surface area contributed by atoms with E-state index in [0.29, 0.717) is 11.1 Å². The predicted octanol–water partition coefficient (Wildman–Crippen LogP) is 2.71. The van der Waals surface area contributed by atoms with Gasteiger partial charge in [-0.15, -0.1) is 0 Å². The Bertz CT molecular complexity index is 1350.